The zero-order valence-electron chi connectivity index (χ0n) is 17.5. The molecule has 2 aromatic carbocycles. The Kier molecular flexibility index (Phi) is 7.27. The highest BCUT2D eigenvalue weighted by atomic mass is 32.2. The van der Waals surface area contributed by atoms with Gasteiger partial charge in [0.25, 0.3) is 0 Å². The quantitative estimate of drug-likeness (QED) is 0.488. The molecular formula is C23H26N2O5S. The molecule has 31 heavy (non-hydrogen) atoms. The van der Waals surface area contributed by atoms with E-state index in [1.165, 1.54) is 6.07 Å². The average molecular weight is 443 g/mol. The van der Waals surface area contributed by atoms with Gasteiger partial charge in [0.2, 0.25) is 15.9 Å². The number of sulfonamides is 1. The van der Waals surface area contributed by atoms with Gasteiger partial charge in [-0.3, -0.25) is 0 Å². The summed E-state index contributed by atoms with van der Waals surface area (Å²) in [5, 5.41) is 15.6. The van der Waals surface area contributed by atoms with Crippen LogP contribution in [0.3, 0.4) is 0 Å². The number of aromatic nitrogens is 1. The van der Waals surface area contributed by atoms with E-state index in [4.69, 9.17) is 14.6 Å². The Morgan fingerprint density at radius 2 is 1.84 bits per heavy atom. The van der Waals surface area contributed by atoms with Crippen LogP contribution in [0.1, 0.15) is 25.3 Å². The summed E-state index contributed by atoms with van der Waals surface area (Å²) >= 11 is 0. The van der Waals surface area contributed by atoms with Gasteiger partial charge in [0.15, 0.2) is 0 Å². The number of nitrogens with two attached hydrogens (primary N) is 1. The standard InChI is InChI=1S/C23H26N2O5S/c1-3-4-12-30-23-20(15-26)19(18-10-5-6-11-22(18)31(24,27)28)14-21(25-23)16-8-7-9-17(13-16)29-2/h5-11,13-14,26H,3-4,12,15H2,1-2H3,(H2,24,27,28). The molecule has 0 aliphatic heterocycles. The van der Waals surface area contributed by atoms with Gasteiger partial charge >= 0.3 is 0 Å². The fourth-order valence-corrected chi connectivity index (χ4v) is 3.99. The average Bonchev–Trinajstić information content (AvgIpc) is 2.78. The number of unbranched alkanes of at least 4 members (excludes halogenated alkanes) is 1. The largest absolute Gasteiger partial charge is 0.497 e. The van der Waals surface area contributed by atoms with Crippen LogP contribution in [-0.2, 0) is 16.6 Å². The number of hydrogen-bond donors (Lipinski definition) is 2. The fourth-order valence-electron chi connectivity index (χ4n) is 3.24. The van der Waals surface area contributed by atoms with E-state index in [9.17, 15) is 13.5 Å². The van der Waals surface area contributed by atoms with Crippen molar-refractivity contribution in [1.82, 2.24) is 4.98 Å². The van der Waals surface area contributed by atoms with E-state index >= 15 is 0 Å². The first-order chi connectivity index (χ1) is 14.9. The molecule has 0 spiro atoms. The molecule has 8 heteroatoms. The van der Waals surface area contributed by atoms with Crippen LogP contribution in [0.4, 0.5) is 0 Å². The number of aliphatic hydroxyl groups is 1. The lowest BCUT2D eigenvalue weighted by molar-refractivity contribution is 0.256. The van der Waals surface area contributed by atoms with E-state index in [2.05, 4.69) is 4.98 Å². The van der Waals surface area contributed by atoms with Gasteiger partial charge in [-0.15, -0.1) is 0 Å². The first-order valence-corrected chi connectivity index (χ1v) is 11.5. The third kappa shape index (κ3) is 5.22. The number of nitrogens with zero attached hydrogens (tertiary/aromatic N) is 1. The third-order valence-electron chi connectivity index (χ3n) is 4.83. The number of pyridine rings is 1. The van der Waals surface area contributed by atoms with Crippen molar-refractivity contribution in [1.29, 1.82) is 0 Å². The molecule has 0 saturated carbocycles. The number of methoxy groups -OCH3 is 1. The lowest BCUT2D eigenvalue weighted by Crippen LogP contribution is -2.14. The summed E-state index contributed by atoms with van der Waals surface area (Å²) < 4.78 is 35.6. The Hall–Kier alpha value is -2.94. The number of rotatable bonds is 9. The molecule has 0 radical (unpaired) electrons. The second-order valence-electron chi connectivity index (χ2n) is 6.97. The lowest BCUT2D eigenvalue weighted by atomic mass is 9.98. The van der Waals surface area contributed by atoms with E-state index in [1.807, 2.05) is 31.2 Å². The number of aliphatic hydroxyl groups excluding tert-OH is 1. The molecule has 0 unspecified atom stereocenters. The molecule has 164 valence electrons. The van der Waals surface area contributed by atoms with Crippen LogP contribution in [0.5, 0.6) is 11.6 Å². The number of benzene rings is 2. The van der Waals surface area contributed by atoms with Crippen molar-refractivity contribution in [2.75, 3.05) is 13.7 Å². The summed E-state index contributed by atoms with van der Waals surface area (Å²) in [4.78, 5) is 4.59. The van der Waals surface area contributed by atoms with Crippen molar-refractivity contribution in [2.45, 2.75) is 31.3 Å². The first-order valence-electron chi connectivity index (χ1n) is 9.93. The Balaban J connectivity index is 2.28. The maximum atomic E-state index is 12.2. The Morgan fingerprint density at radius 3 is 2.52 bits per heavy atom. The zero-order chi connectivity index (χ0) is 22.4. The van der Waals surface area contributed by atoms with Crippen molar-refractivity contribution in [3.05, 3.63) is 60.2 Å². The van der Waals surface area contributed by atoms with Crippen molar-refractivity contribution in [3.63, 3.8) is 0 Å². The van der Waals surface area contributed by atoms with Crippen molar-refractivity contribution >= 4 is 10.0 Å². The lowest BCUT2D eigenvalue weighted by Gasteiger charge is -2.17. The Bertz CT molecular complexity index is 1160. The minimum Gasteiger partial charge on any atom is -0.497 e. The molecule has 0 atom stereocenters. The minimum atomic E-state index is -3.99. The Morgan fingerprint density at radius 1 is 1.06 bits per heavy atom. The third-order valence-corrected chi connectivity index (χ3v) is 5.80. The van der Waals surface area contributed by atoms with E-state index in [0.717, 1.165) is 18.4 Å². The van der Waals surface area contributed by atoms with Gasteiger partial charge in [-0.2, -0.15) is 0 Å². The molecule has 7 nitrogen and oxygen atoms in total. The van der Waals surface area contributed by atoms with Gasteiger partial charge in [0.05, 0.1) is 30.9 Å². The molecule has 0 saturated heterocycles. The smallest absolute Gasteiger partial charge is 0.238 e. The van der Waals surface area contributed by atoms with Crippen LogP contribution in [0.25, 0.3) is 22.4 Å². The van der Waals surface area contributed by atoms with Crippen molar-refractivity contribution in [3.8, 4) is 34.0 Å². The van der Waals surface area contributed by atoms with E-state index in [1.54, 1.807) is 31.4 Å². The van der Waals surface area contributed by atoms with Crippen molar-refractivity contribution < 1.29 is 23.0 Å². The van der Waals surface area contributed by atoms with Gasteiger partial charge < -0.3 is 14.6 Å². The van der Waals surface area contributed by atoms with E-state index in [-0.39, 0.29) is 17.4 Å². The van der Waals surface area contributed by atoms with Crippen LogP contribution in [0.15, 0.2) is 59.5 Å². The highest BCUT2D eigenvalue weighted by Gasteiger charge is 2.21. The van der Waals surface area contributed by atoms with Gasteiger partial charge in [-0.25, -0.2) is 18.5 Å². The van der Waals surface area contributed by atoms with Gasteiger partial charge in [0, 0.05) is 16.7 Å². The molecule has 3 N–H and O–H groups in total. The van der Waals surface area contributed by atoms with Crippen LogP contribution in [-0.4, -0.2) is 32.2 Å². The normalized spacial score (nSPS) is 11.4. The fraction of sp³-hybridized carbons (Fsp3) is 0.261. The molecule has 0 aliphatic rings. The second kappa shape index (κ2) is 9.91. The van der Waals surface area contributed by atoms with Crippen LogP contribution in [0.2, 0.25) is 0 Å². The minimum absolute atomic E-state index is 0.0352. The molecule has 3 aromatic rings. The van der Waals surface area contributed by atoms with Gasteiger partial charge in [-0.1, -0.05) is 43.7 Å². The monoisotopic (exact) mass is 442 g/mol. The van der Waals surface area contributed by atoms with E-state index in [0.29, 0.717) is 34.7 Å². The number of hydrogen-bond acceptors (Lipinski definition) is 6. The molecule has 1 heterocycles. The SMILES string of the molecule is CCCCOc1nc(-c2cccc(OC)c2)cc(-c2ccccc2S(N)(=O)=O)c1CO. The topological polar surface area (TPSA) is 112 Å². The summed E-state index contributed by atoms with van der Waals surface area (Å²) in [7, 11) is -2.41. The summed E-state index contributed by atoms with van der Waals surface area (Å²) in [5.41, 5.74) is 2.59. The van der Waals surface area contributed by atoms with Crippen LogP contribution < -0.4 is 14.6 Å². The number of primary sulfonamides is 1. The van der Waals surface area contributed by atoms with Gasteiger partial charge in [0.1, 0.15) is 5.75 Å². The molecular weight excluding hydrogens is 416 g/mol. The highest BCUT2D eigenvalue weighted by molar-refractivity contribution is 7.89. The molecule has 0 bridgehead atoms. The second-order valence-corrected chi connectivity index (χ2v) is 8.50. The van der Waals surface area contributed by atoms with Crippen LogP contribution in [0, 0.1) is 0 Å². The van der Waals surface area contributed by atoms with Gasteiger partial charge in [-0.05, 0) is 36.2 Å². The summed E-state index contributed by atoms with van der Waals surface area (Å²) in [6, 6.07) is 15.5. The Labute approximate surface area is 182 Å². The first kappa shape index (κ1) is 22.7. The summed E-state index contributed by atoms with van der Waals surface area (Å²) in [6.07, 6.45) is 1.75. The van der Waals surface area contributed by atoms with E-state index < -0.39 is 10.0 Å². The molecule has 0 fully saturated rings. The predicted octanol–water partition coefficient (Wildman–Crippen LogP) is 3.74. The maximum absolute atomic E-state index is 12.2. The summed E-state index contributed by atoms with van der Waals surface area (Å²) in [6.45, 7) is 2.10. The highest BCUT2D eigenvalue weighted by Crippen LogP contribution is 2.37. The molecule has 0 amide bonds. The maximum Gasteiger partial charge on any atom is 0.238 e. The van der Waals surface area contributed by atoms with Crippen LogP contribution >= 0.6 is 0 Å². The predicted molar refractivity (Wildman–Crippen MR) is 119 cm³/mol. The van der Waals surface area contributed by atoms with Crippen molar-refractivity contribution in [2.24, 2.45) is 5.14 Å². The molecule has 1 aromatic heterocycles. The molecule has 0 aliphatic carbocycles. The molecule has 3 rings (SSSR count). The number of ether oxygens (including phenoxy) is 2. The summed E-state index contributed by atoms with van der Waals surface area (Å²) in [5.74, 6) is 0.918. The zero-order valence-corrected chi connectivity index (χ0v) is 18.4.